The van der Waals surface area contributed by atoms with Crippen LogP contribution in [-0.2, 0) is 9.53 Å². The second kappa shape index (κ2) is 6.44. The minimum absolute atomic E-state index is 0.0325. The van der Waals surface area contributed by atoms with Crippen molar-refractivity contribution in [1.82, 2.24) is 0 Å². The second-order valence-corrected chi connectivity index (χ2v) is 6.70. The predicted molar refractivity (Wildman–Crippen MR) is 72.9 cm³/mol. The molecule has 0 N–H and O–H groups in total. The number of hydrogen-bond acceptors (Lipinski definition) is 3. The zero-order valence-electron chi connectivity index (χ0n) is 10.3. The quantitative estimate of drug-likeness (QED) is 0.737. The molecule has 2 heterocycles. The molecule has 0 aromatic heterocycles. The summed E-state index contributed by atoms with van der Waals surface area (Å²) in [4.78, 5) is 12.1. The average molecular weight is 277 g/mol. The molecular weight excluding hydrogens is 256 g/mol. The maximum atomic E-state index is 12.1. The van der Waals surface area contributed by atoms with Crippen molar-refractivity contribution >= 4 is 29.1 Å². The number of ketones is 1. The Hall–Kier alpha value is 0.270. The molecule has 0 aromatic rings. The van der Waals surface area contributed by atoms with Gasteiger partial charge < -0.3 is 4.74 Å². The zero-order valence-corrected chi connectivity index (χ0v) is 11.8. The van der Waals surface area contributed by atoms with Gasteiger partial charge >= 0.3 is 0 Å². The van der Waals surface area contributed by atoms with Crippen molar-refractivity contribution < 1.29 is 9.53 Å². The minimum Gasteiger partial charge on any atom is -0.375 e. The van der Waals surface area contributed by atoms with E-state index in [0.29, 0.717) is 18.1 Å². The summed E-state index contributed by atoms with van der Waals surface area (Å²) in [6.45, 7) is 0.766. The van der Waals surface area contributed by atoms with Gasteiger partial charge in [0, 0.05) is 24.8 Å². The third kappa shape index (κ3) is 3.62. The van der Waals surface area contributed by atoms with Crippen molar-refractivity contribution in [3.63, 3.8) is 0 Å². The van der Waals surface area contributed by atoms with E-state index in [4.69, 9.17) is 16.3 Å². The van der Waals surface area contributed by atoms with Gasteiger partial charge in [0.2, 0.25) is 0 Å². The smallest absolute Gasteiger partial charge is 0.136 e. The Morgan fingerprint density at radius 3 is 2.88 bits per heavy atom. The maximum absolute atomic E-state index is 12.1. The number of halogens is 1. The van der Waals surface area contributed by atoms with Crippen LogP contribution in [0.5, 0.6) is 0 Å². The van der Waals surface area contributed by atoms with Gasteiger partial charge in [0.05, 0.1) is 5.60 Å². The molecule has 2 nitrogen and oxygen atoms in total. The van der Waals surface area contributed by atoms with Crippen molar-refractivity contribution in [3.8, 4) is 0 Å². The van der Waals surface area contributed by atoms with Crippen LogP contribution >= 0.6 is 23.4 Å². The highest BCUT2D eigenvalue weighted by Crippen LogP contribution is 2.40. The Morgan fingerprint density at radius 1 is 1.41 bits per heavy atom. The molecular formula is C13H21ClO2S. The molecule has 0 aromatic carbocycles. The fraction of sp³-hybridized carbons (Fsp3) is 0.923. The molecule has 0 radical (unpaired) electrons. The number of rotatable bonds is 4. The van der Waals surface area contributed by atoms with Gasteiger partial charge in [0.25, 0.3) is 0 Å². The van der Waals surface area contributed by atoms with E-state index in [1.807, 2.05) is 11.8 Å². The van der Waals surface area contributed by atoms with Gasteiger partial charge in [-0.05, 0) is 43.6 Å². The number of alkyl halides is 1. The maximum Gasteiger partial charge on any atom is 0.136 e. The van der Waals surface area contributed by atoms with Crippen LogP contribution in [0.25, 0.3) is 0 Å². The molecule has 0 amide bonds. The highest BCUT2D eigenvalue weighted by atomic mass is 35.5. The van der Waals surface area contributed by atoms with E-state index >= 15 is 0 Å². The van der Waals surface area contributed by atoms with Crippen LogP contribution in [0.3, 0.4) is 0 Å². The molecule has 17 heavy (non-hydrogen) atoms. The average Bonchev–Trinajstić information content (AvgIpc) is 2.37. The van der Waals surface area contributed by atoms with Gasteiger partial charge in [-0.15, -0.1) is 11.6 Å². The Balaban J connectivity index is 1.89. The molecule has 4 heteroatoms. The van der Waals surface area contributed by atoms with Gasteiger partial charge in [0.1, 0.15) is 5.78 Å². The molecule has 0 aliphatic carbocycles. The van der Waals surface area contributed by atoms with E-state index in [0.717, 1.165) is 38.7 Å². The summed E-state index contributed by atoms with van der Waals surface area (Å²) in [5.74, 6) is 3.60. The Bertz CT molecular complexity index is 259. The summed E-state index contributed by atoms with van der Waals surface area (Å²) in [6.07, 6.45) is 5.58. The number of carbonyl (C=O) groups is 1. The lowest BCUT2D eigenvalue weighted by atomic mass is 9.79. The van der Waals surface area contributed by atoms with Gasteiger partial charge in [-0.1, -0.05) is 0 Å². The summed E-state index contributed by atoms with van der Waals surface area (Å²) >= 11 is 7.65. The first-order valence-corrected chi connectivity index (χ1v) is 8.25. The summed E-state index contributed by atoms with van der Waals surface area (Å²) in [6, 6.07) is 0. The Labute approximate surface area is 113 Å². The highest BCUT2D eigenvalue weighted by Gasteiger charge is 2.40. The standard InChI is InChI=1S/C13H21ClO2S/c14-6-1-2-12(15)11-3-7-16-13(10-11)4-8-17-9-5-13/h11H,1-10H2. The lowest BCUT2D eigenvalue weighted by molar-refractivity contribution is -0.138. The summed E-state index contributed by atoms with van der Waals surface area (Å²) < 4.78 is 6.00. The largest absolute Gasteiger partial charge is 0.375 e. The topological polar surface area (TPSA) is 26.3 Å². The first-order chi connectivity index (χ1) is 8.26. The number of hydrogen-bond donors (Lipinski definition) is 0. The molecule has 2 saturated heterocycles. The zero-order chi connectivity index (χ0) is 12.1. The monoisotopic (exact) mass is 276 g/mol. The number of thioether (sulfide) groups is 1. The van der Waals surface area contributed by atoms with E-state index in [9.17, 15) is 4.79 Å². The SMILES string of the molecule is O=C(CCCCl)C1CCOC2(CCSCC2)C1. The van der Waals surface area contributed by atoms with Crippen molar-refractivity contribution in [2.24, 2.45) is 5.92 Å². The van der Waals surface area contributed by atoms with E-state index in [-0.39, 0.29) is 11.5 Å². The summed E-state index contributed by atoms with van der Waals surface area (Å²) in [5, 5.41) is 0. The minimum atomic E-state index is 0.0325. The third-order valence-corrected chi connectivity index (χ3v) is 5.16. The van der Waals surface area contributed by atoms with Crippen molar-refractivity contribution in [2.45, 2.75) is 44.1 Å². The lowest BCUT2D eigenvalue weighted by Gasteiger charge is -2.43. The molecule has 0 bridgehead atoms. The number of ether oxygens (including phenoxy) is 1. The van der Waals surface area contributed by atoms with Crippen LogP contribution in [0.15, 0.2) is 0 Å². The Morgan fingerprint density at radius 2 is 2.18 bits per heavy atom. The molecule has 1 spiro atoms. The third-order valence-electron chi connectivity index (χ3n) is 3.91. The van der Waals surface area contributed by atoms with Gasteiger partial charge in [-0.2, -0.15) is 11.8 Å². The Kier molecular flexibility index (Phi) is 5.19. The van der Waals surface area contributed by atoms with Crippen molar-refractivity contribution in [1.29, 1.82) is 0 Å². The van der Waals surface area contributed by atoms with E-state index in [1.54, 1.807) is 0 Å². The van der Waals surface area contributed by atoms with Gasteiger partial charge in [-0.25, -0.2) is 0 Å². The van der Waals surface area contributed by atoms with E-state index < -0.39 is 0 Å². The fourth-order valence-corrected chi connectivity index (χ4v) is 4.21. The van der Waals surface area contributed by atoms with Crippen molar-refractivity contribution in [2.75, 3.05) is 24.0 Å². The second-order valence-electron chi connectivity index (χ2n) is 5.09. The van der Waals surface area contributed by atoms with Crippen LogP contribution < -0.4 is 0 Å². The number of Topliss-reactive ketones (excluding diaryl/α,β-unsaturated/α-hetero) is 1. The molecule has 1 unspecified atom stereocenters. The van der Waals surface area contributed by atoms with Gasteiger partial charge in [-0.3, -0.25) is 4.79 Å². The van der Waals surface area contributed by atoms with Crippen LogP contribution in [0.4, 0.5) is 0 Å². The molecule has 1 atom stereocenters. The van der Waals surface area contributed by atoms with Crippen LogP contribution in [0.2, 0.25) is 0 Å². The predicted octanol–water partition coefficient (Wildman–Crippen LogP) is 3.27. The first kappa shape index (κ1) is 13.7. The first-order valence-electron chi connectivity index (χ1n) is 6.56. The molecule has 0 saturated carbocycles. The molecule has 98 valence electrons. The van der Waals surface area contributed by atoms with Crippen LogP contribution in [-0.4, -0.2) is 35.4 Å². The van der Waals surface area contributed by atoms with Crippen molar-refractivity contribution in [3.05, 3.63) is 0 Å². The number of carbonyl (C=O) groups excluding carboxylic acids is 1. The molecule has 2 rings (SSSR count). The molecule has 2 aliphatic rings. The van der Waals surface area contributed by atoms with Crippen LogP contribution in [0, 0.1) is 5.92 Å². The molecule has 2 fully saturated rings. The lowest BCUT2D eigenvalue weighted by Crippen LogP contribution is -2.44. The fourth-order valence-electron chi connectivity index (χ4n) is 2.84. The highest BCUT2D eigenvalue weighted by molar-refractivity contribution is 7.99. The summed E-state index contributed by atoms with van der Waals surface area (Å²) in [7, 11) is 0. The van der Waals surface area contributed by atoms with E-state index in [2.05, 4.69) is 0 Å². The van der Waals surface area contributed by atoms with Crippen LogP contribution in [0.1, 0.15) is 38.5 Å². The molecule has 2 aliphatic heterocycles. The normalized spacial score (nSPS) is 28.2. The summed E-state index contributed by atoms with van der Waals surface area (Å²) in [5.41, 5.74) is 0.0325. The van der Waals surface area contributed by atoms with Gasteiger partial charge in [0.15, 0.2) is 0 Å². The van der Waals surface area contributed by atoms with E-state index in [1.165, 1.54) is 11.5 Å².